The van der Waals surface area contributed by atoms with Gasteiger partial charge in [-0.15, -0.1) is 0 Å². The molecule has 0 bridgehead atoms. The van der Waals surface area contributed by atoms with Crippen LogP contribution in [0.1, 0.15) is 17.5 Å². The molecule has 0 spiro atoms. The molecule has 0 saturated heterocycles. The van der Waals surface area contributed by atoms with Crippen molar-refractivity contribution in [3.63, 3.8) is 0 Å². The van der Waals surface area contributed by atoms with Crippen LogP contribution in [0.3, 0.4) is 0 Å². The number of hydrogen-bond donors (Lipinski definition) is 2. The highest BCUT2D eigenvalue weighted by Gasteiger charge is 2.10. The second-order valence-corrected chi connectivity index (χ2v) is 4.77. The molecule has 1 aromatic carbocycles. The Morgan fingerprint density at radius 2 is 2.21 bits per heavy atom. The summed E-state index contributed by atoms with van der Waals surface area (Å²) in [5.41, 5.74) is 6.98. The molecule has 104 valence electrons. The molecular formula is C13H18FN3OS. The maximum atomic E-state index is 13.2. The third-order valence-corrected chi connectivity index (χ3v) is 3.00. The van der Waals surface area contributed by atoms with Crippen molar-refractivity contribution in [3.8, 4) is 0 Å². The molecule has 0 radical (unpaired) electrons. The van der Waals surface area contributed by atoms with E-state index in [-0.39, 0.29) is 16.7 Å². The van der Waals surface area contributed by atoms with Gasteiger partial charge in [-0.05, 0) is 24.7 Å². The average Bonchev–Trinajstić information content (AvgIpc) is 2.37. The first-order valence-electron chi connectivity index (χ1n) is 5.91. The summed E-state index contributed by atoms with van der Waals surface area (Å²) >= 11 is 4.92. The summed E-state index contributed by atoms with van der Waals surface area (Å²) in [4.78, 5) is 13.3. The fraction of sp³-hybridized carbons (Fsp3) is 0.385. The van der Waals surface area contributed by atoms with E-state index >= 15 is 0 Å². The van der Waals surface area contributed by atoms with Gasteiger partial charge in [0.25, 0.3) is 0 Å². The maximum Gasteiger partial charge on any atom is 0.221 e. The molecule has 4 nitrogen and oxygen atoms in total. The first-order chi connectivity index (χ1) is 8.93. The van der Waals surface area contributed by atoms with Gasteiger partial charge in [0.2, 0.25) is 5.91 Å². The van der Waals surface area contributed by atoms with Crippen LogP contribution in [0.25, 0.3) is 0 Å². The molecule has 0 aromatic heterocycles. The van der Waals surface area contributed by atoms with E-state index in [0.717, 1.165) is 5.56 Å². The minimum Gasteiger partial charge on any atom is -0.389 e. The van der Waals surface area contributed by atoms with E-state index in [0.29, 0.717) is 25.1 Å². The summed E-state index contributed by atoms with van der Waals surface area (Å²) in [7, 11) is 3.49. The number of rotatable bonds is 6. The van der Waals surface area contributed by atoms with E-state index in [1.165, 1.54) is 12.1 Å². The summed E-state index contributed by atoms with van der Waals surface area (Å²) in [5, 5.41) is 2.57. The second kappa shape index (κ2) is 7.16. The van der Waals surface area contributed by atoms with Crippen molar-refractivity contribution >= 4 is 23.1 Å². The molecule has 1 rings (SSSR count). The average molecular weight is 283 g/mol. The fourth-order valence-electron chi connectivity index (χ4n) is 1.70. The lowest BCUT2D eigenvalue weighted by atomic mass is 10.1. The number of carbonyl (C=O) groups excluding carboxylic acids is 1. The van der Waals surface area contributed by atoms with Gasteiger partial charge in [-0.2, -0.15) is 0 Å². The molecule has 0 aliphatic heterocycles. The SMILES string of the molecule is CNC(=O)CCN(C)Cc1ccc(F)cc1C(N)=S. The molecule has 6 heteroatoms. The number of benzene rings is 1. The summed E-state index contributed by atoms with van der Waals surface area (Å²) in [6, 6.07) is 4.38. The Bertz CT molecular complexity index is 479. The Morgan fingerprint density at radius 3 is 2.79 bits per heavy atom. The minimum atomic E-state index is -0.362. The number of halogens is 1. The third-order valence-electron chi connectivity index (χ3n) is 2.78. The van der Waals surface area contributed by atoms with E-state index in [4.69, 9.17) is 18.0 Å². The zero-order chi connectivity index (χ0) is 14.4. The largest absolute Gasteiger partial charge is 0.389 e. The Morgan fingerprint density at radius 1 is 1.53 bits per heavy atom. The zero-order valence-corrected chi connectivity index (χ0v) is 11.9. The van der Waals surface area contributed by atoms with Gasteiger partial charge in [0, 0.05) is 32.1 Å². The number of amides is 1. The molecule has 1 aromatic rings. The monoisotopic (exact) mass is 283 g/mol. The van der Waals surface area contributed by atoms with Gasteiger partial charge in [-0.1, -0.05) is 18.3 Å². The number of hydrogen-bond acceptors (Lipinski definition) is 3. The van der Waals surface area contributed by atoms with Crippen molar-refractivity contribution in [2.24, 2.45) is 5.73 Å². The second-order valence-electron chi connectivity index (χ2n) is 4.33. The van der Waals surface area contributed by atoms with Crippen molar-refractivity contribution in [2.75, 3.05) is 20.6 Å². The van der Waals surface area contributed by atoms with Crippen molar-refractivity contribution in [1.29, 1.82) is 0 Å². The molecule has 0 unspecified atom stereocenters. The van der Waals surface area contributed by atoms with Gasteiger partial charge < -0.3 is 16.0 Å². The van der Waals surface area contributed by atoms with Gasteiger partial charge in [-0.25, -0.2) is 4.39 Å². The summed E-state index contributed by atoms with van der Waals surface area (Å²) in [5.74, 6) is -0.375. The molecular weight excluding hydrogens is 265 g/mol. The van der Waals surface area contributed by atoms with Crippen LogP contribution >= 0.6 is 12.2 Å². The smallest absolute Gasteiger partial charge is 0.221 e. The van der Waals surface area contributed by atoms with Gasteiger partial charge >= 0.3 is 0 Å². The van der Waals surface area contributed by atoms with Gasteiger partial charge in [0.05, 0.1) is 0 Å². The summed E-state index contributed by atoms with van der Waals surface area (Å²) in [6.45, 7) is 1.16. The highest BCUT2D eigenvalue weighted by Crippen LogP contribution is 2.13. The van der Waals surface area contributed by atoms with Crippen LogP contribution in [-0.4, -0.2) is 36.4 Å². The number of nitrogens with two attached hydrogens (primary N) is 1. The number of carbonyl (C=O) groups is 1. The van der Waals surface area contributed by atoms with Crippen molar-refractivity contribution in [1.82, 2.24) is 10.2 Å². The number of nitrogens with zero attached hydrogens (tertiary/aromatic N) is 1. The van der Waals surface area contributed by atoms with Crippen LogP contribution in [0.15, 0.2) is 18.2 Å². The topological polar surface area (TPSA) is 58.4 Å². The maximum absolute atomic E-state index is 13.2. The predicted octanol–water partition coefficient (Wildman–Crippen LogP) is 1.03. The van der Waals surface area contributed by atoms with Crippen LogP contribution in [0.4, 0.5) is 4.39 Å². The van der Waals surface area contributed by atoms with E-state index in [1.807, 2.05) is 11.9 Å². The lowest BCUT2D eigenvalue weighted by molar-refractivity contribution is -0.120. The lowest BCUT2D eigenvalue weighted by Crippen LogP contribution is -2.27. The van der Waals surface area contributed by atoms with E-state index in [9.17, 15) is 9.18 Å². The van der Waals surface area contributed by atoms with Crippen LogP contribution < -0.4 is 11.1 Å². The quantitative estimate of drug-likeness (QED) is 0.766. The molecule has 19 heavy (non-hydrogen) atoms. The lowest BCUT2D eigenvalue weighted by Gasteiger charge is -2.18. The molecule has 0 fully saturated rings. The Labute approximate surface area is 117 Å². The first-order valence-corrected chi connectivity index (χ1v) is 6.32. The fourth-order valence-corrected chi connectivity index (χ4v) is 1.89. The van der Waals surface area contributed by atoms with E-state index in [2.05, 4.69) is 5.32 Å². The van der Waals surface area contributed by atoms with E-state index in [1.54, 1.807) is 13.1 Å². The molecule has 0 saturated carbocycles. The highest BCUT2D eigenvalue weighted by atomic mass is 32.1. The Kier molecular flexibility index (Phi) is 5.85. The molecule has 0 aliphatic rings. The molecule has 3 N–H and O–H groups in total. The molecule has 0 aliphatic carbocycles. The molecule has 0 atom stereocenters. The minimum absolute atomic E-state index is 0.0134. The number of thiocarbonyl (C=S) groups is 1. The standard InChI is InChI=1S/C13H18FN3OS/c1-16-12(18)5-6-17(2)8-9-3-4-10(14)7-11(9)13(15)19/h3-4,7H,5-6,8H2,1-2H3,(H2,15,19)(H,16,18). The van der Waals surface area contributed by atoms with Crippen LogP contribution in [0.2, 0.25) is 0 Å². The van der Waals surface area contributed by atoms with Gasteiger partial charge in [0.1, 0.15) is 10.8 Å². The van der Waals surface area contributed by atoms with Crippen molar-refractivity contribution in [3.05, 3.63) is 35.1 Å². The van der Waals surface area contributed by atoms with Crippen LogP contribution in [0.5, 0.6) is 0 Å². The first kappa shape index (κ1) is 15.5. The Balaban J connectivity index is 2.71. The molecule has 0 heterocycles. The van der Waals surface area contributed by atoms with Gasteiger partial charge in [-0.3, -0.25) is 4.79 Å². The third kappa shape index (κ3) is 4.92. The van der Waals surface area contributed by atoms with Crippen molar-refractivity contribution < 1.29 is 9.18 Å². The van der Waals surface area contributed by atoms with Gasteiger partial charge in [0.15, 0.2) is 0 Å². The summed E-state index contributed by atoms with van der Waals surface area (Å²) in [6.07, 6.45) is 0.413. The highest BCUT2D eigenvalue weighted by molar-refractivity contribution is 7.80. The zero-order valence-electron chi connectivity index (χ0n) is 11.1. The van der Waals surface area contributed by atoms with Crippen molar-refractivity contribution in [2.45, 2.75) is 13.0 Å². The van der Waals surface area contributed by atoms with E-state index < -0.39 is 0 Å². The normalized spacial score (nSPS) is 10.5. The predicted molar refractivity (Wildman–Crippen MR) is 77.3 cm³/mol. The molecule has 1 amide bonds. The summed E-state index contributed by atoms with van der Waals surface area (Å²) < 4.78 is 13.2. The van der Waals surface area contributed by atoms with Crippen LogP contribution in [0, 0.1) is 5.82 Å². The number of nitrogens with one attached hydrogen (secondary N) is 1. The Hall–Kier alpha value is -1.53. The van der Waals surface area contributed by atoms with Crippen LogP contribution in [-0.2, 0) is 11.3 Å².